The van der Waals surface area contributed by atoms with Gasteiger partial charge in [-0.2, -0.15) is 0 Å². The number of carbonyl (C=O) groups excluding carboxylic acids is 1. The van der Waals surface area contributed by atoms with E-state index in [4.69, 9.17) is 14.6 Å². The molecule has 8 rings (SSSR count). The van der Waals surface area contributed by atoms with Crippen molar-refractivity contribution in [2.45, 2.75) is 103 Å². The highest BCUT2D eigenvalue weighted by molar-refractivity contribution is 5.91. The molecule has 1 N–H and O–H groups in total. The molecule has 2 bridgehead atoms. The second-order valence-corrected chi connectivity index (χ2v) is 14.9. The van der Waals surface area contributed by atoms with Gasteiger partial charge in [-0.05, 0) is 91.9 Å². The monoisotopic (exact) mass is 511 g/mol. The second-order valence-electron chi connectivity index (χ2n) is 14.9. The Bertz CT molecular complexity index is 995. The maximum Gasteiger partial charge on any atom is 0.155 e. The molecule has 2 saturated heterocycles. The Morgan fingerprint density at radius 1 is 1.11 bits per heavy atom. The summed E-state index contributed by atoms with van der Waals surface area (Å²) in [7, 11) is 0. The summed E-state index contributed by atoms with van der Waals surface area (Å²) in [4.78, 5) is 15.0. The van der Waals surface area contributed by atoms with Crippen LogP contribution in [0.2, 0.25) is 0 Å². The first-order chi connectivity index (χ1) is 17.7. The van der Waals surface area contributed by atoms with Gasteiger partial charge in [0.1, 0.15) is 0 Å². The number of likely N-dealkylation sites (tertiary alicyclic amines) is 1. The van der Waals surface area contributed by atoms with Crippen molar-refractivity contribution >= 4 is 5.78 Å². The van der Waals surface area contributed by atoms with Crippen molar-refractivity contribution in [2.75, 3.05) is 32.9 Å². The Balaban J connectivity index is 1.17. The zero-order chi connectivity index (χ0) is 25.8. The van der Waals surface area contributed by atoms with Crippen LogP contribution in [0.4, 0.5) is 0 Å². The Hall–Kier alpha value is -0.750. The lowest BCUT2D eigenvalue weighted by Gasteiger charge is -2.73. The highest BCUT2D eigenvalue weighted by Crippen LogP contribution is 2.84. The molecule has 37 heavy (non-hydrogen) atoms. The van der Waals surface area contributed by atoms with Crippen LogP contribution >= 0.6 is 0 Å². The third-order valence-electron chi connectivity index (χ3n) is 13.7. The number of carbonyl (C=O) groups is 1. The predicted molar refractivity (Wildman–Crippen MR) is 143 cm³/mol. The van der Waals surface area contributed by atoms with E-state index in [1.54, 1.807) is 0 Å². The third kappa shape index (κ3) is 3.15. The van der Waals surface area contributed by atoms with Crippen LogP contribution in [0, 0.1) is 45.8 Å². The molecule has 5 nitrogen and oxygen atoms in total. The van der Waals surface area contributed by atoms with E-state index >= 15 is 0 Å². The molecule has 2 spiro atoms. The summed E-state index contributed by atoms with van der Waals surface area (Å²) in [6.07, 6.45) is 13.2. The SMILES string of the molecule is C[C@H]1C[C@H]2O[C@]3(CCC45CC3(C)C4C[C@H]3[C@H]5CCC4=CC(=O)CC[C@@]43C)[C@H](C)[C@@H]2N(CCOCCO)C1. The molecule has 2 aliphatic heterocycles. The fraction of sp³-hybridized carbons (Fsp3) is 0.906. The number of allylic oxidation sites excluding steroid dienone is 2. The van der Waals surface area contributed by atoms with Crippen molar-refractivity contribution in [3.63, 3.8) is 0 Å². The van der Waals surface area contributed by atoms with Crippen LogP contribution in [-0.4, -0.2) is 66.4 Å². The smallest absolute Gasteiger partial charge is 0.155 e. The summed E-state index contributed by atoms with van der Waals surface area (Å²) in [5, 5.41) is 9.13. The highest BCUT2D eigenvalue weighted by Gasteiger charge is 2.81. The molecule has 0 aromatic heterocycles. The summed E-state index contributed by atoms with van der Waals surface area (Å²) in [6.45, 7) is 13.4. The second kappa shape index (κ2) is 8.38. The summed E-state index contributed by atoms with van der Waals surface area (Å²) >= 11 is 0. The van der Waals surface area contributed by atoms with Gasteiger partial charge >= 0.3 is 0 Å². The standard InChI is InChI=1S/C32H49NO4/c1-20-15-26-28(33(18-20)11-13-36-14-12-34)21(2)32(37-26)10-9-31-19-30(32,4)27(31)17-25-24(31)6-5-22-16-23(35)7-8-29(22,25)3/h16,20-21,24-28,34H,5-15,17-19H2,1-4H3/t20-,21+,24+,25-,26+,27?,28-,29-,30?,31?,32+/m0/s1. The molecule has 206 valence electrons. The van der Waals surface area contributed by atoms with E-state index in [-0.39, 0.29) is 23.0 Å². The molecular weight excluding hydrogens is 462 g/mol. The van der Waals surface area contributed by atoms with Crippen LogP contribution in [0.5, 0.6) is 0 Å². The topological polar surface area (TPSA) is 59.0 Å². The van der Waals surface area contributed by atoms with E-state index in [2.05, 4.69) is 38.7 Å². The van der Waals surface area contributed by atoms with Crippen molar-refractivity contribution in [3.05, 3.63) is 11.6 Å². The fourth-order valence-corrected chi connectivity index (χ4v) is 12.3. The number of ketones is 1. The highest BCUT2D eigenvalue weighted by atomic mass is 16.5. The van der Waals surface area contributed by atoms with Crippen LogP contribution in [-0.2, 0) is 14.3 Å². The number of piperidine rings is 1. The molecule has 2 heterocycles. The van der Waals surface area contributed by atoms with Crippen LogP contribution < -0.4 is 0 Å². The number of ether oxygens (including phenoxy) is 2. The number of rotatable bonds is 5. The van der Waals surface area contributed by atoms with Gasteiger partial charge in [-0.1, -0.05) is 33.3 Å². The Morgan fingerprint density at radius 3 is 2.76 bits per heavy atom. The molecule has 0 aromatic rings. The molecule has 8 aliphatic rings. The number of fused-ring (bicyclic) bond motifs is 5. The van der Waals surface area contributed by atoms with Gasteiger partial charge in [-0.15, -0.1) is 0 Å². The summed E-state index contributed by atoms with van der Waals surface area (Å²) in [6, 6.07) is 0.485. The first-order valence-corrected chi connectivity index (χ1v) is 15.5. The van der Waals surface area contributed by atoms with Gasteiger partial charge in [0.2, 0.25) is 0 Å². The maximum atomic E-state index is 12.3. The van der Waals surface area contributed by atoms with Crippen molar-refractivity contribution in [1.82, 2.24) is 4.90 Å². The van der Waals surface area contributed by atoms with Crippen molar-refractivity contribution < 1.29 is 19.4 Å². The molecular formula is C32H49NO4. The number of nitrogens with zero attached hydrogens (tertiary/aromatic N) is 1. The van der Waals surface area contributed by atoms with Crippen LogP contribution in [0.15, 0.2) is 11.6 Å². The molecule has 3 unspecified atom stereocenters. The average Bonchev–Trinajstić information content (AvgIpc) is 3.30. The maximum absolute atomic E-state index is 12.3. The molecule has 6 aliphatic carbocycles. The molecule has 0 radical (unpaired) electrons. The quantitative estimate of drug-likeness (QED) is 0.526. The van der Waals surface area contributed by atoms with E-state index < -0.39 is 0 Å². The van der Waals surface area contributed by atoms with Crippen molar-refractivity contribution in [2.24, 2.45) is 45.8 Å². The lowest BCUT2D eigenvalue weighted by molar-refractivity contribution is -0.294. The van der Waals surface area contributed by atoms with Gasteiger partial charge in [0.05, 0.1) is 31.5 Å². The minimum absolute atomic E-state index is 0.00137. The van der Waals surface area contributed by atoms with Gasteiger partial charge in [0, 0.05) is 36.9 Å². The van der Waals surface area contributed by atoms with Gasteiger partial charge in [0.25, 0.3) is 0 Å². The Kier molecular flexibility index (Phi) is 5.71. The zero-order valence-electron chi connectivity index (χ0n) is 23.6. The average molecular weight is 512 g/mol. The van der Waals surface area contributed by atoms with Crippen LogP contribution in [0.3, 0.4) is 0 Å². The first kappa shape index (κ1) is 25.2. The molecule has 0 aromatic carbocycles. The molecule has 5 saturated carbocycles. The van der Waals surface area contributed by atoms with Gasteiger partial charge in [-0.3, -0.25) is 9.69 Å². The molecule has 11 atom stereocenters. The van der Waals surface area contributed by atoms with Gasteiger partial charge < -0.3 is 14.6 Å². The lowest BCUT2D eigenvalue weighted by atomic mass is 9.33. The van der Waals surface area contributed by atoms with Gasteiger partial charge in [0.15, 0.2) is 5.78 Å². The lowest BCUT2D eigenvalue weighted by Crippen LogP contribution is -2.71. The summed E-state index contributed by atoms with van der Waals surface area (Å²) in [5.41, 5.74) is 2.53. The van der Waals surface area contributed by atoms with Crippen molar-refractivity contribution in [1.29, 1.82) is 0 Å². The number of hydrogen-bond donors (Lipinski definition) is 1. The van der Waals surface area contributed by atoms with E-state index in [0.717, 1.165) is 50.1 Å². The number of hydrogen-bond acceptors (Lipinski definition) is 5. The largest absolute Gasteiger partial charge is 0.394 e. The van der Waals surface area contributed by atoms with E-state index in [9.17, 15) is 4.79 Å². The first-order valence-electron chi connectivity index (χ1n) is 15.5. The minimum atomic E-state index is -0.00137. The van der Waals surface area contributed by atoms with Crippen molar-refractivity contribution in [3.8, 4) is 0 Å². The normalized spacial score (nSPS) is 54.2. The molecule has 5 heteroatoms. The number of aliphatic hydroxyl groups is 1. The predicted octanol–water partition coefficient (Wildman–Crippen LogP) is 5.01. The minimum Gasteiger partial charge on any atom is -0.394 e. The fourth-order valence-electron chi connectivity index (χ4n) is 12.3. The summed E-state index contributed by atoms with van der Waals surface area (Å²) < 4.78 is 13.1. The Morgan fingerprint density at radius 2 is 1.95 bits per heavy atom. The third-order valence-corrected chi connectivity index (χ3v) is 13.7. The number of aliphatic hydroxyl groups excluding tert-OH is 1. The van der Waals surface area contributed by atoms with E-state index in [0.29, 0.717) is 48.4 Å². The van der Waals surface area contributed by atoms with E-state index in [1.807, 2.05) is 0 Å². The molecule has 0 amide bonds. The zero-order valence-corrected chi connectivity index (χ0v) is 23.6. The molecule has 7 fully saturated rings. The Labute approximate surface area is 223 Å². The van der Waals surface area contributed by atoms with Gasteiger partial charge in [-0.25, -0.2) is 0 Å². The van der Waals surface area contributed by atoms with E-state index in [1.165, 1.54) is 44.1 Å². The van der Waals surface area contributed by atoms with Crippen LogP contribution in [0.1, 0.15) is 85.5 Å². The summed E-state index contributed by atoms with van der Waals surface area (Å²) in [5.74, 6) is 3.92. The van der Waals surface area contributed by atoms with Crippen LogP contribution in [0.25, 0.3) is 0 Å².